The first-order valence-corrected chi connectivity index (χ1v) is 7.35. The number of hydrogen-bond acceptors (Lipinski definition) is 5. The predicted molar refractivity (Wildman–Crippen MR) is 75.6 cm³/mol. The fraction of sp³-hybridized carbons (Fsp3) is 0.714. The van der Waals surface area contributed by atoms with E-state index in [2.05, 4.69) is 20.2 Å². The average Bonchev–Trinajstić information content (AvgIpc) is 3.00. The molecule has 0 radical (unpaired) electrons. The van der Waals surface area contributed by atoms with E-state index in [4.69, 9.17) is 4.74 Å². The number of hydrogen-bond donors (Lipinski definition) is 1. The first kappa shape index (κ1) is 12.7. The van der Waals surface area contributed by atoms with Crippen LogP contribution in [0.1, 0.15) is 32.1 Å². The molecule has 19 heavy (non-hydrogen) atoms. The molecule has 5 heteroatoms. The van der Waals surface area contributed by atoms with E-state index < -0.39 is 0 Å². The molecular formula is C14H22N4O. The van der Waals surface area contributed by atoms with Gasteiger partial charge in [-0.2, -0.15) is 4.98 Å². The summed E-state index contributed by atoms with van der Waals surface area (Å²) in [5.41, 5.74) is 0. The highest BCUT2D eigenvalue weighted by Gasteiger charge is 2.16. The molecule has 1 aromatic rings. The van der Waals surface area contributed by atoms with Gasteiger partial charge in [0.05, 0.1) is 6.10 Å². The van der Waals surface area contributed by atoms with Crippen molar-refractivity contribution in [2.75, 3.05) is 36.5 Å². The third-order valence-corrected chi connectivity index (χ3v) is 3.83. The molecule has 0 amide bonds. The predicted octanol–water partition coefficient (Wildman–Crippen LogP) is 2.06. The van der Waals surface area contributed by atoms with E-state index in [9.17, 15) is 0 Å². The van der Waals surface area contributed by atoms with Crippen molar-refractivity contribution in [1.82, 2.24) is 9.97 Å². The van der Waals surface area contributed by atoms with E-state index in [1.165, 1.54) is 25.7 Å². The van der Waals surface area contributed by atoms with Crippen LogP contribution in [-0.4, -0.2) is 42.3 Å². The maximum atomic E-state index is 5.59. The third kappa shape index (κ3) is 3.35. The molecule has 1 aromatic heterocycles. The minimum atomic E-state index is 0.322. The minimum Gasteiger partial charge on any atom is -0.376 e. The topological polar surface area (TPSA) is 50.3 Å². The summed E-state index contributed by atoms with van der Waals surface area (Å²) in [5.74, 6) is 1.77. The van der Waals surface area contributed by atoms with Crippen molar-refractivity contribution >= 4 is 11.8 Å². The highest BCUT2D eigenvalue weighted by molar-refractivity contribution is 5.42. The van der Waals surface area contributed by atoms with Crippen molar-refractivity contribution in [2.45, 2.75) is 38.2 Å². The summed E-state index contributed by atoms with van der Waals surface area (Å²) in [6.07, 6.45) is 8.34. The van der Waals surface area contributed by atoms with Gasteiger partial charge in [-0.25, -0.2) is 4.98 Å². The van der Waals surface area contributed by atoms with Gasteiger partial charge in [-0.1, -0.05) is 0 Å². The van der Waals surface area contributed by atoms with Gasteiger partial charge in [0.25, 0.3) is 0 Å². The third-order valence-electron chi connectivity index (χ3n) is 3.83. The Morgan fingerprint density at radius 3 is 2.95 bits per heavy atom. The largest absolute Gasteiger partial charge is 0.376 e. The number of ether oxygens (including phenoxy) is 1. The number of rotatable bonds is 4. The lowest BCUT2D eigenvalue weighted by molar-refractivity contribution is 0.120. The second-order valence-corrected chi connectivity index (χ2v) is 5.30. The van der Waals surface area contributed by atoms with Crippen LogP contribution in [0.15, 0.2) is 12.3 Å². The fourth-order valence-electron chi connectivity index (χ4n) is 2.74. The molecular weight excluding hydrogens is 240 g/mol. The van der Waals surface area contributed by atoms with Gasteiger partial charge in [-0.05, 0) is 38.2 Å². The van der Waals surface area contributed by atoms with Gasteiger partial charge in [0, 0.05) is 32.4 Å². The number of anilines is 2. The van der Waals surface area contributed by atoms with Crippen LogP contribution in [0.5, 0.6) is 0 Å². The zero-order valence-electron chi connectivity index (χ0n) is 11.3. The Hall–Kier alpha value is -1.36. The maximum Gasteiger partial charge on any atom is 0.224 e. The summed E-state index contributed by atoms with van der Waals surface area (Å²) >= 11 is 0. The van der Waals surface area contributed by atoms with Crippen LogP contribution in [-0.2, 0) is 4.74 Å². The molecule has 5 nitrogen and oxygen atoms in total. The molecule has 2 aliphatic rings. The van der Waals surface area contributed by atoms with Gasteiger partial charge in [-0.3, -0.25) is 0 Å². The summed E-state index contributed by atoms with van der Waals surface area (Å²) in [6.45, 7) is 3.93. The van der Waals surface area contributed by atoms with E-state index in [1.54, 1.807) is 0 Å². The Bertz CT molecular complexity index is 400. The number of piperidine rings is 1. The Kier molecular flexibility index (Phi) is 4.13. The molecule has 1 N–H and O–H groups in total. The van der Waals surface area contributed by atoms with Crippen LogP contribution in [0.2, 0.25) is 0 Å². The van der Waals surface area contributed by atoms with Crippen molar-refractivity contribution in [2.24, 2.45) is 0 Å². The van der Waals surface area contributed by atoms with E-state index in [-0.39, 0.29) is 0 Å². The zero-order chi connectivity index (χ0) is 12.9. The monoisotopic (exact) mass is 262 g/mol. The molecule has 2 aliphatic heterocycles. The van der Waals surface area contributed by atoms with Crippen molar-refractivity contribution in [3.05, 3.63) is 12.3 Å². The summed E-state index contributed by atoms with van der Waals surface area (Å²) < 4.78 is 5.59. The van der Waals surface area contributed by atoms with Crippen molar-refractivity contribution < 1.29 is 4.74 Å². The first-order valence-electron chi connectivity index (χ1n) is 7.35. The summed E-state index contributed by atoms with van der Waals surface area (Å²) in [5, 5.41) is 3.29. The SMILES string of the molecule is c1cc(N2CCCCC2)nc(NCC2CCCO2)n1. The van der Waals surface area contributed by atoms with Crippen LogP contribution >= 0.6 is 0 Å². The summed E-state index contributed by atoms with van der Waals surface area (Å²) in [4.78, 5) is 11.2. The highest BCUT2D eigenvalue weighted by Crippen LogP contribution is 2.18. The van der Waals surface area contributed by atoms with E-state index in [0.29, 0.717) is 6.10 Å². The molecule has 0 aromatic carbocycles. The standard InChI is InChI=1S/C14H22N4O/c1-2-8-18(9-3-1)13-6-7-15-14(17-13)16-11-12-5-4-10-19-12/h6-7,12H,1-5,8-11H2,(H,15,16,17). The molecule has 104 valence electrons. The smallest absolute Gasteiger partial charge is 0.224 e. The van der Waals surface area contributed by atoms with Gasteiger partial charge in [-0.15, -0.1) is 0 Å². The molecule has 1 unspecified atom stereocenters. The van der Waals surface area contributed by atoms with Crippen LogP contribution in [0.3, 0.4) is 0 Å². The lowest BCUT2D eigenvalue weighted by Gasteiger charge is -2.27. The van der Waals surface area contributed by atoms with E-state index in [0.717, 1.165) is 44.4 Å². The van der Waals surface area contributed by atoms with Gasteiger partial charge < -0.3 is 15.0 Å². The number of nitrogens with zero attached hydrogens (tertiary/aromatic N) is 3. The first-order chi connectivity index (χ1) is 9.42. The van der Waals surface area contributed by atoms with E-state index >= 15 is 0 Å². The number of nitrogens with one attached hydrogen (secondary N) is 1. The second kappa shape index (κ2) is 6.19. The van der Waals surface area contributed by atoms with Crippen LogP contribution in [0.4, 0.5) is 11.8 Å². The van der Waals surface area contributed by atoms with Crippen LogP contribution in [0.25, 0.3) is 0 Å². The number of aromatic nitrogens is 2. The van der Waals surface area contributed by atoms with Crippen molar-refractivity contribution in [3.8, 4) is 0 Å². The van der Waals surface area contributed by atoms with Gasteiger partial charge >= 0.3 is 0 Å². The molecule has 1 atom stereocenters. The minimum absolute atomic E-state index is 0.322. The summed E-state index contributed by atoms with van der Waals surface area (Å²) in [7, 11) is 0. The molecule has 3 heterocycles. The zero-order valence-corrected chi connectivity index (χ0v) is 11.3. The normalized spacial score (nSPS) is 23.6. The molecule has 2 fully saturated rings. The second-order valence-electron chi connectivity index (χ2n) is 5.30. The lowest BCUT2D eigenvalue weighted by Crippen LogP contribution is -2.30. The Labute approximate surface area is 114 Å². The van der Waals surface area contributed by atoms with Crippen molar-refractivity contribution in [3.63, 3.8) is 0 Å². The fourth-order valence-corrected chi connectivity index (χ4v) is 2.74. The highest BCUT2D eigenvalue weighted by atomic mass is 16.5. The van der Waals surface area contributed by atoms with Gasteiger partial charge in [0.15, 0.2) is 0 Å². The molecule has 0 bridgehead atoms. The average molecular weight is 262 g/mol. The molecule has 3 rings (SSSR count). The lowest BCUT2D eigenvalue weighted by atomic mass is 10.1. The Balaban J connectivity index is 1.58. The molecule has 0 spiro atoms. The molecule has 2 saturated heterocycles. The van der Waals surface area contributed by atoms with E-state index in [1.807, 2.05) is 12.3 Å². The Morgan fingerprint density at radius 1 is 1.26 bits per heavy atom. The quantitative estimate of drug-likeness (QED) is 0.900. The maximum absolute atomic E-state index is 5.59. The summed E-state index contributed by atoms with van der Waals surface area (Å²) in [6, 6.07) is 2.00. The van der Waals surface area contributed by atoms with Gasteiger partial charge in [0.2, 0.25) is 5.95 Å². The molecule has 0 saturated carbocycles. The van der Waals surface area contributed by atoms with Crippen LogP contribution < -0.4 is 10.2 Å². The Morgan fingerprint density at radius 2 is 2.16 bits per heavy atom. The van der Waals surface area contributed by atoms with Crippen LogP contribution in [0, 0.1) is 0 Å². The van der Waals surface area contributed by atoms with Gasteiger partial charge in [0.1, 0.15) is 5.82 Å². The van der Waals surface area contributed by atoms with Crippen molar-refractivity contribution in [1.29, 1.82) is 0 Å². The molecule has 0 aliphatic carbocycles.